The van der Waals surface area contributed by atoms with Gasteiger partial charge in [-0.05, 0) is 18.2 Å². The van der Waals surface area contributed by atoms with Crippen LogP contribution < -0.4 is 5.56 Å². The molecule has 0 aliphatic heterocycles. The molecule has 3 aromatic rings. The number of hydrogen-bond donors (Lipinski definition) is 0. The third-order valence-electron chi connectivity index (χ3n) is 3.51. The summed E-state index contributed by atoms with van der Waals surface area (Å²) in [5.41, 5.74) is 2.19. The number of benzene rings is 1. The van der Waals surface area contributed by atoms with E-state index in [9.17, 15) is 4.79 Å². The average molecular weight is 267 g/mol. The molecule has 0 unspecified atom stereocenters. The molecule has 0 aliphatic rings. The Morgan fingerprint density at radius 3 is 2.65 bits per heavy atom. The van der Waals surface area contributed by atoms with Crippen LogP contribution in [0.4, 0.5) is 0 Å². The fraction of sp³-hybridized carbons (Fsp3) is 0.250. The SMILES string of the molecule is CCc1nc2ccccc2n1CCn1ccccc1=O. The molecule has 0 saturated heterocycles. The van der Waals surface area contributed by atoms with Gasteiger partial charge in [-0.15, -0.1) is 0 Å². The molecular formula is C16H17N3O. The van der Waals surface area contributed by atoms with Gasteiger partial charge in [-0.25, -0.2) is 4.98 Å². The average Bonchev–Trinajstić information content (AvgIpc) is 2.84. The third-order valence-corrected chi connectivity index (χ3v) is 3.51. The van der Waals surface area contributed by atoms with E-state index in [4.69, 9.17) is 0 Å². The molecule has 1 aromatic carbocycles. The predicted molar refractivity (Wildman–Crippen MR) is 79.8 cm³/mol. The van der Waals surface area contributed by atoms with E-state index in [1.54, 1.807) is 16.7 Å². The summed E-state index contributed by atoms with van der Waals surface area (Å²) >= 11 is 0. The van der Waals surface area contributed by atoms with Crippen molar-refractivity contribution in [2.75, 3.05) is 0 Å². The van der Waals surface area contributed by atoms with Crippen molar-refractivity contribution in [1.82, 2.24) is 14.1 Å². The van der Waals surface area contributed by atoms with Crippen molar-refractivity contribution >= 4 is 11.0 Å². The van der Waals surface area contributed by atoms with Crippen molar-refractivity contribution in [1.29, 1.82) is 0 Å². The molecule has 0 bridgehead atoms. The van der Waals surface area contributed by atoms with Crippen molar-refractivity contribution < 1.29 is 0 Å². The second kappa shape index (κ2) is 5.33. The minimum atomic E-state index is 0.0370. The second-order valence-corrected chi connectivity index (χ2v) is 4.75. The summed E-state index contributed by atoms with van der Waals surface area (Å²) in [5.74, 6) is 1.06. The zero-order chi connectivity index (χ0) is 13.9. The summed E-state index contributed by atoms with van der Waals surface area (Å²) in [6.07, 6.45) is 2.71. The molecule has 20 heavy (non-hydrogen) atoms. The van der Waals surface area contributed by atoms with Crippen LogP contribution in [0.1, 0.15) is 12.7 Å². The van der Waals surface area contributed by atoms with E-state index in [1.165, 1.54) is 0 Å². The van der Waals surface area contributed by atoms with Crippen LogP contribution in [0.15, 0.2) is 53.5 Å². The zero-order valence-corrected chi connectivity index (χ0v) is 11.5. The fourth-order valence-electron chi connectivity index (χ4n) is 2.50. The maximum atomic E-state index is 11.7. The van der Waals surface area contributed by atoms with Crippen LogP contribution in [-0.2, 0) is 19.5 Å². The molecule has 4 heteroatoms. The van der Waals surface area contributed by atoms with E-state index in [0.717, 1.165) is 29.8 Å². The van der Waals surface area contributed by atoms with Crippen LogP contribution in [0.2, 0.25) is 0 Å². The Bertz CT molecular complexity index is 786. The molecule has 0 fully saturated rings. The first kappa shape index (κ1) is 12.7. The van der Waals surface area contributed by atoms with Gasteiger partial charge in [0.15, 0.2) is 0 Å². The van der Waals surface area contributed by atoms with Crippen molar-refractivity contribution in [3.05, 3.63) is 64.8 Å². The molecule has 0 amide bonds. The topological polar surface area (TPSA) is 39.8 Å². The number of nitrogens with zero attached hydrogens (tertiary/aromatic N) is 3. The quantitative estimate of drug-likeness (QED) is 0.728. The predicted octanol–water partition coefficient (Wildman–Crippen LogP) is 2.46. The first-order valence-corrected chi connectivity index (χ1v) is 6.89. The highest BCUT2D eigenvalue weighted by Gasteiger charge is 2.08. The standard InChI is InChI=1S/C16H17N3O/c1-2-15-17-13-7-3-4-8-14(13)19(15)12-11-18-10-6-5-9-16(18)20/h3-10H,2,11-12H2,1H3. The van der Waals surface area contributed by atoms with Gasteiger partial charge in [0.05, 0.1) is 11.0 Å². The smallest absolute Gasteiger partial charge is 0.250 e. The van der Waals surface area contributed by atoms with E-state index in [2.05, 4.69) is 22.5 Å². The number of imidazole rings is 1. The lowest BCUT2D eigenvalue weighted by molar-refractivity contribution is 0.559. The lowest BCUT2D eigenvalue weighted by atomic mass is 10.3. The maximum absolute atomic E-state index is 11.7. The fourth-order valence-corrected chi connectivity index (χ4v) is 2.50. The summed E-state index contributed by atoms with van der Waals surface area (Å²) in [6, 6.07) is 13.4. The van der Waals surface area contributed by atoms with Gasteiger partial charge in [0.25, 0.3) is 5.56 Å². The summed E-state index contributed by atoms with van der Waals surface area (Å²) < 4.78 is 3.93. The maximum Gasteiger partial charge on any atom is 0.250 e. The first-order valence-electron chi connectivity index (χ1n) is 6.89. The Labute approximate surface area is 117 Å². The summed E-state index contributed by atoms with van der Waals surface area (Å²) in [6.45, 7) is 3.52. The molecule has 4 nitrogen and oxygen atoms in total. The molecular weight excluding hydrogens is 250 g/mol. The molecule has 0 spiro atoms. The molecule has 2 aromatic heterocycles. The molecule has 2 heterocycles. The molecule has 0 radical (unpaired) electrons. The number of hydrogen-bond acceptors (Lipinski definition) is 2. The highest BCUT2D eigenvalue weighted by atomic mass is 16.1. The Hall–Kier alpha value is -2.36. The van der Waals surface area contributed by atoms with Crippen molar-refractivity contribution in [2.24, 2.45) is 0 Å². The van der Waals surface area contributed by atoms with E-state index in [-0.39, 0.29) is 5.56 Å². The van der Waals surface area contributed by atoms with E-state index >= 15 is 0 Å². The minimum absolute atomic E-state index is 0.0370. The van der Waals surface area contributed by atoms with E-state index in [1.807, 2.05) is 30.5 Å². The van der Waals surface area contributed by atoms with Gasteiger partial charge < -0.3 is 9.13 Å². The number of rotatable bonds is 4. The number of aryl methyl sites for hydroxylation is 3. The molecule has 0 atom stereocenters. The number of fused-ring (bicyclic) bond motifs is 1. The number of aromatic nitrogens is 3. The van der Waals surface area contributed by atoms with Crippen molar-refractivity contribution in [2.45, 2.75) is 26.4 Å². The number of pyridine rings is 1. The Kier molecular flexibility index (Phi) is 3.37. The molecule has 3 rings (SSSR count). The lowest BCUT2D eigenvalue weighted by Gasteiger charge is -2.09. The molecule has 0 aliphatic carbocycles. The van der Waals surface area contributed by atoms with Crippen LogP contribution in [0.3, 0.4) is 0 Å². The summed E-state index contributed by atoms with van der Waals surface area (Å²) in [7, 11) is 0. The highest BCUT2D eigenvalue weighted by Crippen LogP contribution is 2.16. The van der Waals surface area contributed by atoms with Gasteiger partial charge in [0.2, 0.25) is 0 Å². The Morgan fingerprint density at radius 1 is 1.05 bits per heavy atom. The van der Waals surface area contributed by atoms with Gasteiger partial charge in [-0.1, -0.05) is 25.1 Å². The molecule has 0 saturated carbocycles. The molecule has 0 N–H and O–H groups in total. The van der Waals surface area contributed by atoms with Crippen LogP contribution in [0.25, 0.3) is 11.0 Å². The van der Waals surface area contributed by atoms with Gasteiger partial charge >= 0.3 is 0 Å². The minimum Gasteiger partial charge on any atom is -0.326 e. The monoisotopic (exact) mass is 267 g/mol. The normalized spacial score (nSPS) is 11.1. The summed E-state index contributed by atoms with van der Waals surface area (Å²) in [5, 5.41) is 0. The zero-order valence-electron chi connectivity index (χ0n) is 11.5. The second-order valence-electron chi connectivity index (χ2n) is 4.75. The van der Waals surface area contributed by atoms with Crippen molar-refractivity contribution in [3.8, 4) is 0 Å². The van der Waals surface area contributed by atoms with Gasteiger partial charge in [-0.3, -0.25) is 4.79 Å². The Morgan fingerprint density at radius 2 is 1.85 bits per heavy atom. The van der Waals surface area contributed by atoms with E-state index < -0.39 is 0 Å². The van der Waals surface area contributed by atoms with Crippen LogP contribution in [-0.4, -0.2) is 14.1 Å². The van der Waals surface area contributed by atoms with Crippen LogP contribution in [0.5, 0.6) is 0 Å². The summed E-state index contributed by atoms with van der Waals surface area (Å²) in [4.78, 5) is 16.4. The van der Waals surface area contributed by atoms with Crippen LogP contribution >= 0.6 is 0 Å². The molecule has 102 valence electrons. The highest BCUT2D eigenvalue weighted by molar-refractivity contribution is 5.75. The lowest BCUT2D eigenvalue weighted by Crippen LogP contribution is -2.21. The Balaban J connectivity index is 1.94. The first-order chi connectivity index (χ1) is 9.79. The van der Waals surface area contributed by atoms with Gasteiger partial charge in [0.1, 0.15) is 5.82 Å². The third kappa shape index (κ3) is 2.25. The van der Waals surface area contributed by atoms with E-state index in [0.29, 0.717) is 6.54 Å². The van der Waals surface area contributed by atoms with Gasteiger partial charge in [-0.2, -0.15) is 0 Å². The number of para-hydroxylation sites is 2. The van der Waals surface area contributed by atoms with Gasteiger partial charge in [0, 0.05) is 31.8 Å². The van der Waals surface area contributed by atoms with Crippen molar-refractivity contribution in [3.63, 3.8) is 0 Å². The largest absolute Gasteiger partial charge is 0.326 e. The van der Waals surface area contributed by atoms with Crippen LogP contribution in [0, 0.1) is 0 Å².